The zero-order chi connectivity index (χ0) is 16.9. The minimum absolute atomic E-state index is 0.127. The molecular weight excluding hydrogens is 304 g/mol. The van der Waals surface area contributed by atoms with Gasteiger partial charge in [-0.25, -0.2) is 4.79 Å². The highest BCUT2D eigenvalue weighted by atomic mass is 16.5. The van der Waals surface area contributed by atoms with Crippen LogP contribution in [0.2, 0.25) is 0 Å². The van der Waals surface area contributed by atoms with Gasteiger partial charge in [-0.15, -0.1) is 0 Å². The molecule has 5 heteroatoms. The highest BCUT2D eigenvalue weighted by Gasteiger charge is 2.25. The molecule has 1 unspecified atom stereocenters. The number of aliphatic hydroxyl groups is 1. The van der Waals surface area contributed by atoms with E-state index in [1.165, 1.54) is 0 Å². The van der Waals surface area contributed by atoms with Crippen LogP contribution in [-0.2, 0) is 0 Å². The lowest BCUT2D eigenvalue weighted by Gasteiger charge is -2.20. The lowest BCUT2D eigenvalue weighted by atomic mass is 10.1. The van der Waals surface area contributed by atoms with Crippen LogP contribution >= 0.6 is 0 Å². The molecule has 1 fully saturated rings. The largest absolute Gasteiger partial charge is 0.484 e. The second kappa shape index (κ2) is 7.36. The molecule has 2 aromatic rings. The Morgan fingerprint density at radius 1 is 1.21 bits per heavy atom. The number of benzene rings is 2. The highest BCUT2D eigenvalue weighted by molar-refractivity contribution is 5.91. The van der Waals surface area contributed by atoms with Gasteiger partial charge in [-0.2, -0.15) is 0 Å². The van der Waals surface area contributed by atoms with Crippen LogP contribution in [0.3, 0.4) is 0 Å². The van der Waals surface area contributed by atoms with Crippen LogP contribution in [0.15, 0.2) is 54.6 Å². The quantitative estimate of drug-likeness (QED) is 0.905. The summed E-state index contributed by atoms with van der Waals surface area (Å²) in [6.45, 7) is 2.91. The Morgan fingerprint density at radius 3 is 2.62 bits per heavy atom. The molecule has 0 radical (unpaired) electrons. The molecule has 0 aromatic heterocycles. The number of carbonyl (C=O) groups is 1. The zero-order valence-electron chi connectivity index (χ0n) is 13.7. The van der Waals surface area contributed by atoms with Crippen LogP contribution in [0.4, 0.5) is 10.5 Å². The molecule has 0 aliphatic carbocycles. The summed E-state index contributed by atoms with van der Waals surface area (Å²) in [6, 6.07) is 17.1. The fourth-order valence-electron chi connectivity index (χ4n) is 2.78. The number of ether oxygens (including phenoxy) is 1. The number of hydrogen-bond acceptors (Lipinski definition) is 3. The van der Waals surface area contributed by atoms with Gasteiger partial charge in [-0.05, 0) is 31.0 Å². The maximum Gasteiger partial charge on any atom is 0.322 e. The van der Waals surface area contributed by atoms with E-state index in [9.17, 15) is 9.90 Å². The molecular formula is C19H22N2O3. The Bertz CT molecular complexity index is 690. The number of likely N-dealkylation sites (tertiary alicyclic amines) is 1. The van der Waals surface area contributed by atoms with E-state index in [0.717, 1.165) is 5.56 Å². The number of anilines is 1. The Hall–Kier alpha value is -2.53. The molecule has 2 N–H and O–H groups in total. The van der Waals surface area contributed by atoms with Crippen LogP contribution in [0.25, 0.3) is 0 Å². The van der Waals surface area contributed by atoms with Crippen molar-refractivity contribution in [1.82, 2.24) is 4.90 Å². The smallest absolute Gasteiger partial charge is 0.322 e. The molecule has 126 valence electrons. The third kappa shape index (κ3) is 3.86. The molecule has 3 rings (SSSR count). The molecule has 2 aromatic carbocycles. The second-order valence-electron chi connectivity index (χ2n) is 5.99. The van der Waals surface area contributed by atoms with Crippen molar-refractivity contribution in [3.8, 4) is 5.75 Å². The Labute approximate surface area is 141 Å². The van der Waals surface area contributed by atoms with E-state index in [1.54, 1.807) is 4.90 Å². The molecule has 5 nitrogen and oxygen atoms in total. The van der Waals surface area contributed by atoms with E-state index in [2.05, 4.69) is 5.32 Å². The summed E-state index contributed by atoms with van der Waals surface area (Å²) in [5.41, 5.74) is 1.70. The predicted molar refractivity (Wildman–Crippen MR) is 93.1 cm³/mol. The van der Waals surface area contributed by atoms with Crippen molar-refractivity contribution in [3.63, 3.8) is 0 Å². The molecule has 0 spiro atoms. The van der Waals surface area contributed by atoms with Crippen molar-refractivity contribution in [2.24, 2.45) is 0 Å². The van der Waals surface area contributed by atoms with Crippen LogP contribution in [0.1, 0.15) is 25.0 Å². The normalized spacial score (nSPS) is 18.2. The molecule has 1 aliphatic heterocycles. The number of nitrogens with one attached hydrogen (secondary N) is 1. The minimum atomic E-state index is -0.430. The number of β-amino-alcohol motifs (C(OH)–C–C–N with tert-alkyl or cyclic N) is 1. The number of hydrogen-bond donors (Lipinski definition) is 2. The Kier molecular flexibility index (Phi) is 5.01. The summed E-state index contributed by atoms with van der Waals surface area (Å²) < 4.78 is 6.03. The molecule has 0 bridgehead atoms. The summed E-state index contributed by atoms with van der Waals surface area (Å²) in [6.07, 6.45) is 0.0644. The lowest BCUT2D eigenvalue weighted by molar-refractivity contribution is 0.176. The van der Waals surface area contributed by atoms with Crippen molar-refractivity contribution in [2.45, 2.75) is 25.6 Å². The van der Waals surface area contributed by atoms with Gasteiger partial charge in [0, 0.05) is 13.1 Å². The summed E-state index contributed by atoms with van der Waals surface area (Å²) in [5, 5.41) is 12.4. The molecule has 24 heavy (non-hydrogen) atoms. The minimum Gasteiger partial charge on any atom is -0.484 e. The fraction of sp³-hybridized carbons (Fsp3) is 0.316. The maximum atomic E-state index is 12.3. The number of rotatable bonds is 4. The van der Waals surface area contributed by atoms with Crippen molar-refractivity contribution < 1.29 is 14.6 Å². The zero-order valence-corrected chi connectivity index (χ0v) is 13.7. The van der Waals surface area contributed by atoms with Crippen molar-refractivity contribution in [3.05, 3.63) is 60.2 Å². The molecule has 2 atom stereocenters. The van der Waals surface area contributed by atoms with Gasteiger partial charge in [-0.3, -0.25) is 0 Å². The summed E-state index contributed by atoms with van der Waals surface area (Å²) >= 11 is 0. The van der Waals surface area contributed by atoms with Crippen molar-refractivity contribution in [2.75, 3.05) is 18.4 Å². The van der Waals surface area contributed by atoms with Gasteiger partial charge in [0.05, 0.1) is 11.8 Å². The van der Waals surface area contributed by atoms with Gasteiger partial charge in [0.25, 0.3) is 0 Å². The highest BCUT2D eigenvalue weighted by Crippen LogP contribution is 2.29. The lowest BCUT2D eigenvalue weighted by Crippen LogP contribution is -2.33. The molecule has 1 saturated heterocycles. The van der Waals surface area contributed by atoms with E-state index < -0.39 is 6.10 Å². The Morgan fingerprint density at radius 2 is 1.92 bits per heavy atom. The molecule has 2 amide bonds. The number of para-hydroxylation sites is 2. The SMILES string of the molecule is CC(Oc1ccccc1NC(=O)N1CC[C@@H](O)C1)c1ccccc1. The van der Waals surface area contributed by atoms with Gasteiger partial charge in [0.15, 0.2) is 0 Å². The van der Waals surface area contributed by atoms with Gasteiger partial charge in [0.2, 0.25) is 0 Å². The van der Waals surface area contributed by atoms with E-state index in [4.69, 9.17) is 4.74 Å². The Balaban J connectivity index is 1.70. The monoisotopic (exact) mass is 326 g/mol. The third-order valence-corrected chi connectivity index (χ3v) is 4.15. The van der Waals surface area contributed by atoms with Gasteiger partial charge < -0.3 is 20.1 Å². The van der Waals surface area contributed by atoms with E-state index in [0.29, 0.717) is 30.9 Å². The van der Waals surface area contributed by atoms with Crippen LogP contribution in [0, 0.1) is 0 Å². The molecule has 1 heterocycles. The summed E-state index contributed by atoms with van der Waals surface area (Å²) in [5.74, 6) is 0.627. The number of urea groups is 1. The molecule has 1 aliphatic rings. The number of aliphatic hydroxyl groups excluding tert-OH is 1. The van der Waals surface area contributed by atoms with Gasteiger partial charge >= 0.3 is 6.03 Å². The van der Waals surface area contributed by atoms with E-state index >= 15 is 0 Å². The first-order valence-electron chi connectivity index (χ1n) is 8.18. The first-order chi connectivity index (χ1) is 11.6. The number of amides is 2. The van der Waals surface area contributed by atoms with Gasteiger partial charge in [-0.1, -0.05) is 42.5 Å². The van der Waals surface area contributed by atoms with Crippen molar-refractivity contribution in [1.29, 1.82) is 0 Å². The van der Waals surface area contributed by atoms with E-state index in [1.807, 2.05) is 61.5 Å². The molecule has 0 saturated carbocycles. The number of nitrogens with zero attached hydrogens (tertiary/aromatic N) is 1. The average Bonchev–Trinajstić information content (AvgIpc) is 3.04. The van der Waals surface area contributed by atoms with Crippen LogP contribution in [-0.4, -0.2) is 35.2 Å². The van der Waals surface area contributed by atoms with Gasteiger partial charge in [0.1, 0.15) is 11.9 Å². The summed E-state index contributed by atoms with van der Waals surface area (Å²) in [4.78, 5) is 13.9. The topological polar surface area (TPSA) is 61.8 Å². The maximum absolute atomic E-state index is 12.3. The standard InChI is InChI=1S/C19H22N2O3/c1-14(15-7-3-2-4-8-15)24-18-10-6-5-9-17(18)20-19(23)21-12-11-16(22)13-21/h2-10,14,16,22H,11-13H2,1H3,(H,20,23)/t14?,16-/m1/s1. The second-order valence-corrected chi connectivity index (χ2v) is 5.99. The van der Waals surface area contributed by atoms with Crippen LogP contribution < -0.4 is 10.1 Å². The van der Waals surface area contributed by atoms with E-state index in [-0.39, 0.29) is 12.1 Å². The number of carbonyl (C=O) groups excluding carboxylic acids is 1. The van der Waals surface area contributed by atoms with Crippen LogP contribution in [0.5, 0.6) is 5.75 Å². The third-order valence-electron chi connectivity index (χ3n) is 4.15. The van der Waals surface area contributed by atoms with Crippen molar-refractivity contribution >= 4 is 11.7 Å². The average molecular weight is 326 g/mol. The predicted octanol–water partition coefficient (Wildman–Crippen LogP) is 3.43. The fourth-order valence-corrected chi connectivity index (χ4v) is 2.78. The first-order valence-corrected chi connectivity index (χ1v) is 8.18. The first kappa shape index (κ1) is 16.3. The summed E-state index contributed by atoms with van der Waals surface area (Å²) in [7, 11) is 0.